The number of benzene rings is 2. The van der Waals surface area contributed by atoms with E-state index >= 15 is 0 Å². The molecule has 0 bridgehead atoms. The zero-order valence-electron chi connectivity index (χ0n) is 14.4. The molecule has 1 amide bonds. The minimum Gasteiger partial charge on any atom is -0.496 e. The SMILES string of the molecule is COc1cc(SC)ccc1C(=O)OCC(=O)N[C@@H](C)c1ccccc1. The molecule has 25 heavy (non-hydrogen) atoms. The molecular formula is C19H21NO4S. The van der Waals surface area contributed by atoms with E-state index in [0.29, 0.717) is 11.3 Å². The lowest BCUT2D eigenvalue weighted by atomic mass is 10.1. The summed E-state index contributed by atoms with van der Waals surface area (Å²) in [6.45, 7) is 1.53. The first-order valence-electron chi connectivity index (χ1n) is 7.78. The molecule has 1 N–H and O–H groups in total. The predicted octanol–water partition coefficient (Wildman–Crippen LogP) is 3.45. The molecule has 1 atom stereocenters. The first kappa shape index (κ1) is 18.9. The molecule has 0 saturated heterocycles. The number of hydrogen-bond acceptors (Lipinski definition) is 5. The van der Waals surface area contributed by atoms with E-state index in [0.717, 1.165) is 10.5 Å². The minimum atomic E-state index is -0.591. The van der Waals surface area contributed by atoms with Gasteiger partial charge in [0.05, 0.1) is 13.2 Å². The maximum atomic E-state index is 12.2. The van der Waals surface area contributed by atoms with Crippen LogP contribution in [0, 0.1) is 0 Å². The molecule has 2 rings (SSSR count). The Kier molecular flexibility index (Phi) is 6.89. The molecule has 0 saturated carbocycles. The molecular weight excluding hydrogens is 338 g/mol. The largest absolute Gasteiger partial charge is 0.496 e. The number of nitrogens with one attached hydrogen (secondary N) is 1. The quantitative estimate of drug-likeness (QED) is 0.606. The standard InChI is InChI=1S/C19H21NO4S/c1-13(14-7-5-4-6-8-14)20-18(21)12-24-19(22)16-10-9-15(25-3)11-17(16)23-2/h4-11,13H,12H2,1-3H3,(H,20,21)/t13-/m0/s1. The van der Waals surface area contributed by atoms with Crippen LogP contribution >= 0.6 is 11.8 Å². The Balaban J connectivity index is 1.92. The third kappa shape index (κ3) is 5.26. The molecule has 6 heteroatoms. The van der Waals surface area contributed by atoms with Crippen molar-refractivity contribution in [3.63, 3.8) is 0 Å². The number of thioether (sulfide) groups is 1. The molecule has 2 aromatic rings. The Bertz CT molecular complexity index is 733. The zero-order valence-corrected chi connectivity index (χ0v) is 15.3. The van der Waals surface area contributed by atoms with E-state index in [1.807, 2.05) is 43.5 Å². The van der Waals surface area contributed by atoms with Gasteiger partial charge in [0.2, 0.25) is 0 Å². The zero-order chi connectivity index (χ0) is 18.2. The van der Waals surface area contributed by atoms with E-state index in [9.17, 15) is 9.59 Å². The summed E-state index contributed by atoms with van der Waals surface area (Å²) in [5.74, 6) is -0.522. The fourth-order valence-corrected chi connectivity index (χ4v) is 2.71. The third-order valence-corrected chi connectivity index (χ3v) is 4.37. The van der Waals surface area contributed by atoms with Crippen LogP contribution in [0.1, 0.15) is 28.9 Å². The van der Waals surface area contributed by atoms with Crippen LogP contribution in [0.4, 0.5) is 0 Å². The fourth-order valence-electron chi connectivity index (χ4n) is 2.28. The van der Waals surface area contributed by atoms with Crippen LogP contribution in [0.25, 0.3) is 0 Å². The molecule has 132 valence electrons. The number of carbonyl (C=O) groups is 2. The first-order valence-corrected chi connectivity index (χ1v) is 9.01. The molecule has 0 radical (unpaired) electrons. The molecule has 5 nitrogen and oxygen atoms in total. The van der Waals surface area contributed by atoms with Crippen LogP contribution in [0.15, 0.2) is 53.4 Å². The van der Waals surface area contributed by atoms with E-state index in [1.165, 1.54) is 7.11 Å². The average molecular weight is 359 g/mol. The van der Waals surface area contributed by atoms with E-state index in [-0.39, 0.29) is 18.6 Å². The van der Waals surface area contributed by atoms with Crippen LogP contribution in [-0.4, -0.2) is 31.8 Å². The summed E-state index contributed by atoms with van der Waals surface area (Å²) in [6, 6.07) is 14.6. The average Bonchev–Trinajstić information content (AvgIpc) is 2.66. The number of rotatable bonds is 7. The highest BCUT2D eigenvalue weighted by Crippen LogP contribution is 2.25. The summed E-state index contributed by atoms with van der Waals surface area (Å²) >= 11 is 1.55. The second-order valence-corrected chi connectivity index (χ2v) is 6.22. The van der Waals surface area contributed by atoms with Gasteiger partial charge in [0.1, 0.15) is 11.3 Å². The van der Waals surface area contributed by atoms with Crippen molar-refractivity contribution in [1.29, 1.82) is 0 Å². The summed E-state index contributed by atoms with van der Waals surface area (Å²) in [6.07, 6.45) is 1.94. The predicted molar refractivity (Wildman–Crippen MR) is 98.1 cm³/mol. The van der Waals surface area contributed by atoms with Crippen LogP contribution < -0.4 is 10.1 Å². The maximum Gasteiger partial charge on any atom is 0.342 e. The van der Waals surface area contributed by atoms with Crippen molar-refractivity contribution in [2.24, 2.45) is 0 Å². The van der Waals surface area contributed by atoms with Crippen molar-refractivity contribution in [2.45, 2.75) is 17.9 Å². The highest BCUT2D eigenvalue weighted by atomic mass is 32.2. The van der Waals surface area contributed by atoms with Crippen molar-refractivity contribution >= 4 is 23.6 Å². The third-order valence-electron chi connectivity index (χ3n) is 3.64. The lowest BCUT2D eigenvalue weighted by molar-refractivity contribution is -0.124. The Morgan fingerprint density at radius 1 is 1.16 bits per heavy atom. The molecule has 0 unspecified atom stereocenters. The summed E-state index contributed by atoms with van der Waals surface area (Å²) in [4.78, 5) is 25.2. The number of hydrogen-bond donors (Lipinski definition) is 1. The smallest absolute Gasteiger partial charge is 0.342 e. The second kappa shape index (κ2) is 9.13. The highest BCUT2D eigenvalue weighted by Gasteiger charge is 2.17. The van der Waals surface area contributed by atoms with E-state index < -0.39 is 5.97 Å². The van der Waals surface area contributed by atoms with Gasteiger partial charge in [-0.15, -0.1) is 11.8 Å². The summed E-state index contributed by atoms with van der Waals surface area (Å²) in [5, 5.41) is 2.80. The van der Waals surface area contributed by atoms with Gasteiger partial charge >= 0.3 is 5.97 Å². The molecule has 0 spiro atoms. The number of carbonyl (C=O) groups excluding carboxylic acids is 2. The van der Waals surface area contributed by atoms with Gasteiger partial charge in [-0.2, -0.15) is 0 Å². The van der Waals surface area contributed by atoms with Crippen LogP contribution in [0.2, 0.25) is 0 Å². The summed E-state index contributed by atoms with van der Waals surface area (Å²) in [7, 11) is 1.49. The van der Waals surface area contributed by atoms with Crippen molar-refractivity contribution < 1.29 is 19.1 Å². The van der Waals surface area contributed by atoms with E-state index in [1.54, 1.807) is 30.0 Å². The Morgan fingerprint density at radius 2 is 1.88 bits per heavy atom. The molecule has 0 fully saturated rings. The Morgan fingerprint density at radius 3 is 2.52 bits per heavy atom. The Hall–Kier alpha value is -2.47. The highest BCUT2D eigenvalue weighted by molar-refractivity contribution is 7.98. The van der Waals surface area contributed by atoms with Crippen molar-refractivity contribution in [3.05, 3.63) is 59.7 Å². The lowest BCUT2D eigenvalue weighted by Gasteiger charge is -2.14. The van der Waals surface area contributed by atoms with Gasteiger partial charge in [-0.25, -0.2) is 4.79 Å². The number of esters is 1. The molecule has 0 heterocycles. The first-order chi connectivity index (χ1) is 12.0. The van der Waals surface area contributed by atoms with Crippen molar-refractivity contribution in [3.8, 4) is 5.75 Å². The van der Waals surface area contributed by atoms with Crippen LogP contribution in [-0.2, 0) is 9.53 Å². The van der Waals surface area contributed by atoms with Crippen molar-refractivity contribution in [2.75, 3.05) is 20.0 Å². The monoisotopic (exact) mass is 359 g/mol. The van der Waals surface area contributed by atoms with Gasteiger partial charge in [0, 0.05) is 4.90 Å². The number of methoxy groups -OCH3 is 1. The summed E-state index contributed by atoms with van der Waals surface area (Å²) < 4.78 is 10.3. The molecule has 0 aliphatic heterocycles. The van der Waals surface area contributed by atoms with Gasteiger partial charge in [-0.1, -0.05) is 30.3 Å². The normalized spacial score (nSPS) is 11.5. The fraction of sp³-hybridized carbons (Fsp3) is 0.263. The number of amides is 1. The van der Waals surface area contributed by atoms with E-state index in [2.05, 4.69) is 5.32 Å². The molecule has 0 aliphatic rings. The van der Waals surface area contributed by atoms with Gasteiger partial charge in [-0.05, 0) is 36.9 Å². The van der Waals surface area contributed by atoms with E-state index in [4.69, 9.17) is 9.47 Å². The summed E-state index contributed by atoms with van der Waals surface area (Å²) in [5.41, 5.74) is 1.28. The second-order valence-electron chi connectivity index (χ2n) is 5.34. The van der Waals surface area contributed by atoms with Gasteiger partial charge in [0.15, 0.2) is 6.61 Å². The topological polar surface area (TPSA) is 64.6 Å². The maximum absolute atomic E-state index is 12.2. The molecule has 2 aromatic carbocycles. The van der Waals surface area contributed by atoms with Gasteiger partial charge < -0.3 is 14.8 Å². The minimum absolute atomic E-state index is 0.164. The Labute approximate surface area is 151 Å². The van der Waals surface area contributed by atoms with Gasteiger partial charge in [-0.3, -0.25) is 4.79 Å². The van der Waals surface area contributed by atoms with Gasteiger partial charge in [0.25, 0.3) is 5.91 Å². The van der Waals surface area contributed by atoms with Crippen LogP contribution in [0.5, 0.6) is 5.75 Å². The van der Waals surface area contributed by atoms with Crippen molar-refractivity contribution in [1.82, 2.24) is 5.32 Å². The molecule has 0 aliphatic carbocycles. The lowest BCUT2D eigenvalue weighted by Crippen LogP contribution is -2.31. The van der Waals surface area contributed by atoms with Crippen LogP contribution in [0.3, 0.4) is 0 Å². The molecule has 0 aromatic heterocycles. The number of ether oxygens (including phenoxy) is 2.